The summed E-state index contributed by atoms with van der Waals surface area (Å²) in [5, 5.41) is 5.90. The molecule has 0 aliphatic carbocycles. The summed E-state index contributed by atoms with van der Waals surface area (Å²) >= 11 is 0. The van der Waals surface area contributed by atoms with E-state index in [1.165, 1.54) is 10.8 Å². The fourth-order valence-corrected chi connectivity index (χ4v) is 3.18. The van der Waals surface area contributed by atoms with Crippen molar-refractivity contribution in [2.75, 3.05) is 13.6 Å². The Bertz CT molecular complexity index is 747. The first-order valence-electron chi connectivity index (χ1n) is 8.18. The van der Waals surface area contributed by atoms with Gasteiger partial charge in [-0.15, -0.1) is 24.0 Å². The van der Waals surface area contributed by atoms with Gasteiger partial charge in [0.15, 0.2) is 5.96 Å². The molecule has 3 rings (SSSR count). The van der Waals surface area contributed by atoms with Crippen LogP contribution in [-0.2, 0) is 6.54 Å². The molecule has 0 radical (unpaired) electrons. The number of halogens is 1. The summed E-state index contributed by atoms with van der Waals surface area (Å²) in [5.41, 5.74) is 1.45. The van der Waals surface area contributed by atoms with E-state index in [0.29, 0.717) is 12.0 Å². The summed E-state index contributed by atoms with van der Waals surface area (Å²) in [6.45, 7) is 10.9. The third-order valence-corrected chi connectivity index (χ3v) is 5.52. The maximum Gasteiger partial charge on any atom is 0.194 e. The van der Waals surface area contributed by atoms with Gasteiger partial charge in [-0.3, -0.25) is 9.98 Å². The second-order valence-corrected chi connectivity index (χ2v) is 7.41. The van der Waals surface area contributed by atoms with Crippen LogP contribution in [-0.4, -0.2) is 35.0 Å². The van der Waals surface area contributed by atoms with Crippen molar-refractivity contribution in [3.05, 3.63) is 42.2 Å². The zero-order valence-corrected chi connectivity index (χ0v) is 17.5. The van der Waals surface area contributed by atoms with E-state index in [4.69, 9.17) is 0 Å². The van der Waals surface area contributed by atoms with Gasteiger partial charge >= 0.3 is 0 Å². The number of pyridine rings is 1. The minimum Gasteiger partial charge on any atom is -0.351 e. The zero-order valence-electron chi connectivity index (χ0n) is 15.1. The molecule has 1 N–H and O–H groups in total. The monoisotopic (exact) mass is 438 g/mol. The molecule has 0 amide bonds. The van der Waals surface area contributed by atoms with E-state index in [0.717, 1.165) is 18.2 Å². The standard InChI is InChI=1S/C19H26N4.HI/c1-18(2)13-23(19(18,3)4)17(20-5)22-12-16-15-9-7-6-8-14(15)10-11-21-16;/h6-11H,12-13H2,1-5H3,(H,20,22);1H. The topological polar surface area (TPSA) is 40.5 Å². The quantitative estimate of drug-likeness (QED) is 0.437. The summed E-state index contributed by atoms with van der Waals surface area (Å²) < 4.78 is 0. The lowest BCUT2D eigenvalue weighted by molar-refractivity contribution is -0.0668. The Morgan fingerprint density at radius 3 is 2.54 bits per heavy atom. The Hall–Kier alpha value is -1.37. The summed E-state index contributed by atoms with van der Waals surface area (Å²) in [6, 6.07) is 10.4. The minimum atomic E-state index is 0. The van der Waals surface area contributed by atoms with E-state index in [-0.39, 0.29) is 29.5 Å². The van der Waals surface area contributed by atoms with Gasteiger partial charge in [-0.1, -0.05) is 38.1 Å². The highest BCUT2D eigenvalue weighted by Gasteiger charge is 2.53. The number of likely N-dealkylation sites (tertiary alicyclic amines) is 1. The van der Waals surface area contributed by atoms with Crippen molar-refractivity contribution in [3.63, 3.8) is 0 Å². The van der Waals surface area contributed by atoms with Gasteiger partial charge in [-0.2, -0.15) is 0 Å². The lowest BCUT2D eigenvalue weighted by Crippen LogP contribution is -2.72. The number of nitrogens with zero attached hydrogens (tertiary/aromatic N) is 3. The van der Waals surface area contributed by atoms with Crippen LogP contribution in [0.1, 0.15) is 33.4 Å². The molecule has 2 heterocycles. The third kappa shape index (κ3) is 3.10. The van der Waals surface area contributed by atoms with E-state index in [1.54, 1.807) is 0 Å². The Morgan fingerprint density at radius 1 is 1.21 bits per heavy atom. The molecule has 5 heteroatoms. The van der Waals surface area contributed by atoms with Crippen molar-refractivity contribution in [3.8, 4) is 0 Å². The molecule has 1 fully saturated rings. The molecule has 0 atom stereocenters. The van der Waals surface area contributed by atoms with Gasteiger partial charge < -0.3 is 10.2 Å². The van der Waals surface area contributed by atoms with Gasteiger partial charge in [0.05, 0.1) is 12.2 Å². The average molecular weight is 438 g/mol. The number of benzene rings is 1. The van der Waals surface area contributed by atoms with Crippen LogP contribution in [0.5, 0.6) is 0 Å². The van der Waals surface area contributed by atoms with Crippen molar-refractivity contribution in [1.82, 2.24) is 15.2 Å². The van der Waals surface area contributed by atoms with Gasteiger partial charge in [-0.25, -0.2) is 0 Å². The van der Waals surface area contributed by atoms with E-state index in [1.807, 2.05) is 13.2 Å². The van der Waals surface area contributed by atoms with Crippen LogP contribution in [0.15, 0.2) is 41.5 Å². The molecule has 0 spiro atoms. The Kier molecular flexibility index (Phi) is 5.42. The molecule has 4 nitrogen and oxygen atoms in total. The molecular formula is C19H27IN4. The largest absolute Gasteiger partial charge is 0.351 e. The number of rotatable bonds is 2. The van der Waals surface area contributed by atoms with Crippen LogP contribution in [0.4, 0.5) is 0 Å². The molecule has 1 aromatic carbocycles. The van der Waals surface area contributed by atoms with E-state index in [9.17, 15) is 0 Å². The van der Waals surface area contributed by atoms with Gasteiger partial charge in [0.2, 0.25) is 0 Å². The van der Waals surface area contributed by atoms with E-state index in [2.05, 4.69) is 78.2 Å². The maximum atomic E-state index is 4.55. The van der Waals surface area contributed by atoms with Gasteiger partial charge in [0, 0.05) is 36.1 Å². The number of hydrogen-bond acceptors (Lipinski definition) is 2. The molecule has 0 bridgehead atoms. The average Bonchev–Trinajstić information content (AvgIpc) is 2.54. The Balaban J connectivity index is 0.00000208. The van der Waals surface area contributed by atoms with Crippen molar-refractivity contribution in [2.24, 2.45) is 10.4 Å². The van der Waals surface area contributed by atoms with Crippen molar-refractivity contribution < 1.29 is 0 Å². The van der Waals surface area contributed by atoms with Crippen LogP contribution in [0.2, 0.25) is 0 Å². The molecule has 2 aromatic rings. The third-order valence-electron chi connectivity index (χ3n) is 5.52. The second kappa shape index (κ2) is 6.86. The first kappa shape index (κ1) is 19.0. The lowest BCUT2D eigenvalue weighted by atomic mass is 9.65. The number of guanidine groups is 1. The fourth-order valence-electron chi connectivity index (χ4n) is 3.18. The van der Waals surface area contributed by atoms with E-state index < -0.39 is 0 Å². The first-order valence-corrected chi connectivity index (χ1v) is 8.18. The van der Waals surface area contributed by atoms with Gasteiger partial charge in [0.1, 0.15) is 0 Å². The lowest BCUT2D eigenvalue weighted by Gasteiger charge is -2.62. The number of fused-ring (bicyclic) bond motifs is 1. The van der Waals surface area contributed by atoms with Gasteiger partial charge in [0.25, 0.3) is 0 Å². The molecule has 130 valence electrons. The maximum absolute atomic E-state index is 4.55. The number of nitrogens with one attached hydrogen (secondary N) is 1. The van der Waals surface area contributed by atoms with Crippen LogP contribution >= 0.6 is 24.0 Å². The molecular weight excluding hydrogens is 411 g/mol. The molecule has 0 saturated carbocycles. The smallest absolute Gasteiger partial charge is 0.194 e. The number of aromatic nitrogens is 1. The van der Waals surface area contributed by atoms with Crippen LogP contribution in [0.3, 0.4) is 0 Å². The fraction of sp³-hybridized carbons (Fsp3) is 0.474. The highest BCUT2D eigenvalue weighted by Crippen LogP contribution is 2.46. The zero-order chi connectivity index (χ0) is 16.7. The Labute approximate surface area is 161 Å². The molecule has 24 heavy (non-hydrogen) atoms. The predicted octanol–water partition coefficient (Wildman–Crippen LogP) is 4.05. The summed E-state index contributed by atoms with van der Waals surface area (Å²) in [7, 11) is 1.85. The number of aliphatic imine (C=N–C) groups is 1. The normalized spacial score (nSPS) is 18.7. The molecule has 1 aliphatic rings. The minimum absolute atomic E-state index is 0. The summed E-state index contributed by atoms with van der Waals surface area (Å²) in [4.78, 5) is 11.4. The molecule has 1 aliphatic heterocycles. The van der Waals surface area contributed by atoms with Crippen molar-refractivity contribution >= 4 is 40.7 Å². The van der Waals surface area contributed by atoms with Crippen LogP contribution < -0.4 is 5.32 Å². The Morgan fingerprint density at radius 2 is 1.92 bits per heavy atom. The highest BCUT2D eigenvalue weighted by atomic mass is 127. The van der Waals surface area contributed by atoms with Gasteiger partial charge in [-0.05, 0) is 25.3 Å². The first-order chi connectivity index (χ1) is 10.9. The molecule has 1 saturated heterocycles. The summed E-state index contributed by atoms with van der Waals surface area (Å²) in [5.74, 6) is 0.948. The van der Waals surface area contributed by atoms with Crippen molar-refractivity contribution in [2.45, 2.75) is 39.8 Å². The second-order valence-electron chi connectivity index (χ2n) is 7.41. The van der Waals surface area contributed by atoms with Crippen LogP contribution in [0.25, 0.3) is 10.8 Å². The van der Waals surface area contributed by atoms with Crippen molar-refractivity contribution in [1.29, 1.82) is 0 Å². The van der Waals surface area contributed by atoms with E-state index >= 15 is 0 Å². The molecule has 0 unspecified atom stereocenters. The SMILES string of the molecule is CN=C(NCc1nccc2ccccc12)N1CC(C)(C)C1(C)C.I. The predicted molar refractivity (Wildman–Crippen MR) is 112 cm³/mol. The van der Waals surface area contributed by atoms with Crippen LogP contribution in [0, 0.1) is 5.41 Å². The molecule has 1 aromatic heterocycles. The summed E-state index contributed by atoms with van der Waals surface area (Å²) in [6.07, 6.45) is 1.87. The number of hydrogen-bond donors (Lipinski definition) is 1. The highest BCUT2D eigenvalue weighted by molar-refractivity contribution is 14.0.